The number of rotatable bonds is 1. The smallest absolute Gasteiger partial charge is 0.0563 e. The van der Waals surface area contributed by atoms with Crippen molar-refractivity contribution in [1.29, 1.82) is 0 Å². The zero-order valence-electron chi connectivity index (χ0n) is 9.53. The fourth-order valence-electron chi connectivity index (χ4n) is 2.12. The van der Waals surface area contributed by atoms with Crippen molar-refractivity contribution >= 4 is 38.3 Å². The van der Waals surface area contributed by atoms with Gasteiger partial charge in [0.15, 0.2) is 0 Å². The summed E-state index contributed by atoms with van der Waals surface area (Å²) in [4.78, 5) is 0. The van der Waals surface area contributed by atoms with Crippen molar-refractivity contribution in [2.75, 3.05) is 0 Å². The molecule has 0 amide bonds. The number of halogens is 2. The summed E-state index contributed by atoms with van der Waals surface area (Å²) in [5, 5.41) is 3.06. The second kappa shape index (κ2) is 4.75. The molecule has 0 bridgehead atoms. The molecular formula is C16H10BrCl. The van der Waals surface area contributed by atoms with Gasteiger partial charge in [-0.25, -0.2) is 0 Å². The standard InChI is InChI=1S/C16H10BrCl/c17-15-8-4-3-7-13(15)14-10-9-11-5-1-2-6-12(11)16(14)18/h1-10H. The molecule has 0 aliphatic heterocycles. The SMILES string of the molecule is Clc1c(-c2ccccc2Br)ccc2ccccc12. The van der Waals surface area contributed by atoms with Gasteiger partial charge in [-0.2, -0.15) is 0 Å². The summed E-state index contributed by atoms with van der Waals surface area (Å²) in [6.07, 6.45) is 0. The lowest BCUT2D eigenvalue weighted by Gasteiger charge is -2.09. The molecule has 0 aliphatic rings. The highest BCUT2D eigenvalue weighted by molar-refractivity contribution is 9.10. The Kier molecular flexibility index (Phi) is 3.11. The van der Waals surface area contributed by atoms with Gasteiger partial charge in [-0.15, -0.1) is 0 Å². The zero-order chi connectivity index (χ0) is 12.5. The molecule has 0 atom stereocenters. The van der Waals surface area contributed by atoms with E-state index < -0.39 is 0 Å². The van der Waals surface area contributed by atoms with Crippen LogP contribution in [0, 0.1) is 0 Å². The first-order chi connectivity index (χ1) is 8.77. The lowest BCUT2D eigenvalue weighted by atomic mass is 10.0. The molecule has 0 fully saturated rings. The summed E-state index contributed by atoms with van der Waals surface area (Å²) in [6, 6.07) is 20.5. The number of fused-ring (bicyclic) bond motifs is 1. The van der Waals surface area contributed by atoms with Gasteiger partial charge in [0.25, 0.3) is 0 Å². The summed E-state index contributed by atoms with van der Waals surface area (Å²) in [6.45, 7) is 0. The van der Waals surface area contributed by atoms with Crippen LogP contribution in [0.3, 0.4) is 0 Å². The monoisotopic (exact) mass is 316 g/mol. The predicted octanol–water partition coefficient (Wildman–Crippen LogP) is 5.92. The van der Waals surface area contributed by atoms with Gasteiger partial charge in [-0.05, 0) is 17.0 Å². The Balaban J connectivity index is 2.31. The van der Waals surface area contributed by atoms with E-state index in [1.54, 1.807) is 0 Å². The van der Waals surface area contributed by atoms with Crippen molar-refractivity contribution in [2.45, 2.75) is 0 Å². The highest BCUT2D eigenvalue weighted by atomic mass is 79.9. The normalized spacial score (nSPS) is 10.8. The fourth-order valence-corrected chi connectivity index (χ4v) is 2.96. The molecular weight excluding hydrogens is 308 g/mol. The lowest BCUT2D eigenvalue weighted by molar-refractivity contribution is 1.60. The second-order valence-electron chi connectivity index (χ2n) is 4.13. The molecule has 2 heteroatoms. The molecule has 0 aliphatic carbocycles. The van der Waals surface area contributed by atoms with E-state index in [2.05, 4.69) is 46.3 Å². The maximum Gasteiger partial charge on any atom is 0.0563 e. The van der Waals surface area contributed by atoms with E-state index in [4.69, 9.17) is 11.6 Å². The third-order valence-corrected chi connectivity index (χ3v) is 4.13. The molecule has 3 aromatic rings. The average Bonchev–Trinajstić information content (AvgIpc) is 2.41. The van der Waals surface area contributed by atoms with Crippen molar-refractivity contribution in [3.8, 4) is 11.1 Å². The van der Waals surface area contributed by atoms with Crippen LogP contribution in [0.2, 0.25) is 5.02 Å². The molecule has 0 unspecified atom stereocenters. The summed E-state index contributed by atoms with van der Waals surface area (Å²) >= 11 is 10.1. The van der Waals surface area contributed by atoms with Crippen LogP contribution in [0.4, 0.5) is 0 Å². The van der Waals surface area contributed by atoms with Crippen molar-refractivity contribution in [1.82, 2.24) is 0 Å². The topological polar surface area (TPSA) is 0 Å². The first-order valence-corrected chi connectivity index (χ1v) is 6.86. The molecule has 0 aromatic heterocycles. The highest BCUT2D eigenvalue weighted by Crippen LogP contribution is 2.37. The Bertz CT molecular complexity index is 719. The number of hydrogen-bond acceptors (Lipinski definition) is 0. The summed E-state index contributed by atoms with van der Waals surface area (Å²) in [7, 11) is 0. The third-order valence-electron chi connectivity index (χ3n) is 3.03. The second-order valence-corrected chi connectivity index (χ2v) is 5.36. The van der Waals surface area contributed by atoms with Gasteiger partial charge in [0.2, 0.25) is 0 Å². The minimum atomic E-state index is 0.806. The maximum atomic E-state index is 6.53. The molecule has 18 heavy (non-hydrogen) atoms. The largest absolute Gasteiger partial charge is 0.0830 e. The van der Waals surface area contributed by atoms with E-state index >= 15 is 0 Å². The van der Waals surface area contributed by atoms with E-state index in [9.17, 15) is 0 Å². The van der Waals surface area contributed by atoms with Gasteiger partial charge in [0.1, 0.15) is 0 Å². The Morgan fingerprint density at radius 1 is 0.722 bits per heavy atom. The Labute approximate surface area is 119 Å². The van der Waals surface area contributed by atoms with Gasteiger partial charge < -0.3 is 0 Å². The van der Waals surface area contributed by atoms with E-state index in [0.29, 0.717) is 0 Å². The van der Waals surface area contributed by atoms with Crippen LogP contribution in [0.1, 0.15) is 0 Å². The molecule has 0 heterocycles. The van der Waals surface area contributed by atoms with Crippen molar-refractivity contribution in [2.24, 2.45) is 0 Å². The van der Waals surface area contributed by atoms with Crippen LogP contribution >= 0.6 is 27.5 Å². The average molecular weight is 318 g/mol. The van der Waals surface area contributed by atoms with Crippen molar-refractivity contribution < 1.29 is 0 Å². The molecule has 0 saturated heterocycles. The third kappa shape index (κ3) is 1.94. The van der Waals surface area contributed by atoms with E-state index in [0.717, 1.165) is 26.0 Å². The molecule has 0 radical (unpaired) electrons. The number of hydrogen-bond donors (Lipinski definition) is 0. The van der Waals surface area contributed by atoms with Crippen LogP contribution in [0.5, 0.6) is 0 Å². The van der Waals surface area contributed by atoms with Crippen molar-refractivity contribution in [3.63, 3.8) is 0 Å². The van der Waals surface area contributed by atoms with Gasteiger partial charge in [0.05, 0.1) is 5.02 Å². The Hall–Kier alpha value is -1.31. The zero-order valence-corrected chi connectivity index (χ0v) is 11.9. The van der Waals surface area contributed by atoms with Crippen LogP contribution in [-0.2, 0) is 0 Å². The summed E-state index contributed by atoms with van der Waals surface area (Å²) < 4.78 is 1.06. The fraction of sp³-hybridized carbons (Fsp3) is 0. The molecule has 0 spiro atoms. The minimum Gasteiger partial charge on any atom is -0.0830 e. The van der Waals surface area contributed by atoms with Crippen LogP contribution < -0.4 is 0 Å². The molecule has 0 nitrogen and oxygen atoms in total. The highest BCUT2D eigenvalue weighted by Gasteiger charge is 2.09. The maximum absolute atomic E-state index is 6.53. The molecule has 3 aromatic carbocycles. The van der Waals surface area contributed by atoms with E-state index in [1.165, 1.54) is 5.39 Å². The van der Waals surface area contributed by atoms with E-state index in [-0.39, 0.29) is 0 Å². The predicted molar refractivity (Wildman–Crippen MR) is 82.1 cm³/mol. The van der Waals surface area contributed by atoms with Gasteiger partial charge in [0, 0.05) is 15.4 Å². The minimum absolute atomic E-state index is 0.806. The van der Waals surface area contributed by atoms with Crippen LogP contribution in [0.15, 0.2) is 65.1 Å². The van der Waals surface area contributed by atoms with Gasteiger partial charge in [-0.3, -0.25) is 0 Å². The molecule has 88 valence electrons. The Morgan fingerprint density at radius 2 is 1.44 bits per heavy atom. The summed E-state index contributed by atoms with van der Waals surface area (Å²) in [5.74, 6) is 0. The molecule has 3 rings (SSSR count). The molecule has 0 N–H and O–H groups in total. The first kappa shape index (κ1) is 11.8. The van der Waals surface area contributed by atoms with Crippen LogP contribution in [0.25, 0.3) is 21.9 Å². The lowest BCUT2D eigenvalue weighted by Crippen LogP contribution is -1.83. The quantitative estimate of drug-likeness (QED) is 0.522. The number of benzene rings is 3. The van der Waals surface area contributed by atoms with E-state index in [1.807, 2.05) is 30.3 Å². The molecule has 0 saturated carbocycles. The Morgan fingerprint density at radius 3 is 2.28 bits per heavy atom. The first-order valence-electron chi connectivity index (χ1n) is 5.69. The van der Waals surface area contributed by atoms with Crippen molar-refractivity contribution in [3.05, 3.63) is 70.2 Å². The van der Waals surface area contributed by atoms with Crippen LogP contribution in [-0.4, -0.2) is 0 Å². The van der Waals surface area contributed by atoms with Gasteiger partial charge in [-0.1, -0.05) is 82.1 Å². The van der Waals surface area contributed by atoms with Gasteiger partial charge >= 0.3 is 0 Å². The summed E-state index contributed by atoms with van der Waals surface area (Å²) in [5.41, 5.74) is 2.18.